The number of hydrazone groups is 1. The summed E-state index contributed by atoms with van der Waals surface area (Å²) in [4.78, 5) is 12.3. The molecule has 0 aliphatic heterocycles. The number of rotatable bonds is 5. The number of carbonyl (C=O) groups excluding carboxylic acids is 1. The SMILES string of the molecule is COc1cc(C(=O)N/N=C\c2cc(C)n(-c3ccccc3Cl)c2C)ccc1I. The molecule has 2 aromatic carbocycles. The molecule has 0 radical (unpaired) electrons. The minimum Gasteiger partial charge on any atom is -0.496 e. The normalized spacial score (nSPS) is 11.0. The van der Waals surface area contributed by atoms with E-state index in [0.29, 0.717) is 16.3 Å². The Labute approximate surface area is 182 Å². The average molecular weight is 508 g/mol. The van der Waals surface area contributed by atoms with Gasteiger partial charge in [-0.3, -0.25) is 4.79 Å². The van der Waals surface area contributed by atoms with Gasteiger partial charge >= 0.3 is 0 Å². The molecule has 0 unspecified atom stereocenters. The van der Waals surface area contributed by atoms with Crippen molar-refractivity contribution in [1.82, 2.24) is 9.99 Å². The summed E-state index contributed by atoms with van der Waals surface area (Å²) in [6.07, 6.45) is 1.64. The first-order chi connectivity index (χ1) is 13.4. The van der Waals surface area contributed by atoms with Crippen LogP contribution in [-0.2, 0) is 0 Å². The van der Waals surface area contributed by atoms with E-state index in [9.17, 15) is 4.79 Å². The van der Waals surface area contributed by atoms with E-state index >= 15 is 0 Å². The van der Waals surface area contributed by atoms with Gasteiger partial charge in [0.15, 0.2) is 0 Å². The highest BCUT2D eigenvalue weighted by Crippen LogP contribution is 2.25. The van der Waals surface area contributed by atoms with E-state index in [1.807, 2.05) is 50.2 Å². The molecule has 0 saturated heterocycles. The fourth-order valence-electron chi connectivity index (χ4n) is 2.95. The van der Waals surface area contributed by atoms with Gasteiger partial charge in [0, 0.05) is 22.5 Å². The molecule has 0 aliphatic rings. The molecule has 0 atom stereocenters. The number of nitrogens with one attached hydrogen (secondary N) is 1. The molecule has 0 spiro atoms. The number of para-hydroxylation sites is 1. The van der Waals surface area contributed by atoms with Crippen LogP contribution in [0.25, 0.3) is 5.69 Å². The number of amides is 1. The van der Waals surface area contributed by atoms with Crippen molar-refractivity contribution in [1.29, 1.82) is 0 Å². The number of hydrogen-bond acceptors (Lipinski definition) is 3. The van der Waals surface area contributed by atoms with Gasteiger partial charge in [-0.1, -0.05) is 23.7 Å². The lowest BCUT2D eigenvalue weighted by molar-refractivity contribution is 0.0954. The second-order valence-electron chi connectivity index (χ2n) is 6.16. The Balaban J connectivity index is 1.79. The molecule has 0 aliphatic carbocycles. The predicted octanol–water partition coefficient (Wildman–Crippen LogP) is 5.12. The number of halogens is 2. The van der Waals surface area contributed by atoms with Crippen molar-refractivity contribution < 1.29 is 9.53 Å². The summed E-state index contributed by atoms with van der Waals surface area (Å²) in [6, 6.07) is 14.9. The van der Waals surface area contributed by atoms with E-state index in [2.05, 4.69) is 37.7 Å². The molecule has 0 fully saturated rings. The maximum Gasteiger partial charge on any atom is 0.271 e. The van der Waals surface area contributed by atoms with Crippen molar-refractivity contribution in [3.63, 3.8) is 0 Å². The van der Waals surface area contributed by atoms with Crippen LogP contribution in [0.15, 0.2) is 53.6 Å². The van der Waals surface area contributed by atoms with Gasteiger partial charge in [0.2, 0.25) is 0 Å². The highest BCUT2D eigenvalue weighted by Gasteiger charge is 2.12. The summed E-state index contributed by atoms with van der Waals surface area (Å²) in [6.45, 7) is 3.99. The van der Waals surface area contributed by atoms with Crippen molar-refractivity contribution in [2.75, 3.05) is 7.11 Å². The molecule has 3 rings (SSSR count). The predicted molar refractivity (Wildman–Crippen MR) is 121 cm³/mol. The Morgan fingerprint density at radius 3 is 2.68 bits per heavy atom. The first kappa shape index (κ1) is 20.4. The molecule has 7 heteroatoms. The maximum atomic E-state index is 12.3. The van der Waals surface area contributed by atoms with E-state index in [4.69, 9.17) is 16.3 Å². The van der Waals surface area contributed by atoms with Crippen LogP contribution in [0.1, 0.15) is 27.3 Å². The molecular weight excluding hydrogens is 489 g/mol. The lowest BCUT2D eigenvalue weighted by Gasteiger charge is -2.11. The smallest absolute Gasteiger partial charge is 0.271 e. The fourth-order valence-corrected chi connectivity index (χ4v) is 3.72. The van der Waals surface area contributed by atoms with Crippen LogP contribution in [-0.4, -0.2) is 23.8 Å². The molecule has 5 nitrogen and oxygen atoms in total. The molecular formula is C21H19ClIN3O2. The molecule has 28 heavy (non-hydrogen) atoms. The molecule has 0 saturated carbocycles. The van der Waals surface area contributed by atoms with E-state index in [0.717, 1.165) is 26.2 Å². The summed E-state index contributed by atoms with van der Waals surface area (Å²) in [5, 5.41) is 4.79. The zero-order valence-electron chi connectivity index (χ0n) is 15.7. The lowest BCUT2D eigenvalue weighted by Crippen LogP contribution is -2.17. The highest BCUT2D eigenvalue weighted by atomic mass is 127. The second kappa shape index (κ2) is 8.79. The van der Waals surface area contributed by atoms with Gasteiger partial charge in [0.25, 0.3) is 5.91 Å². The Morgan fingerprint density at radius 2 is 1.96 bits per heavy atom. The zero-order valence-corrected chi connectivity index (χ0v) is 18.6. The molecule has 3 aromatic rings. The Morgan fingerprint density at radius 1 is 1.21 bits per heavy atom. The monoisotopic (exact) mass is 507 g/mol. The van der Waals surface area contributed by atoms with Crippen molar-refractivity contribution in [3.05, 3.63) is 79.6 Å². The van der Waals surface area contributed by atoms with Crippen molar-refractivity contribution in [2.45, 2.75) is 13.8 Å². The van der Waals surface area contributed by atoms with Gasteiger partial charge < -0.3 is 9.30 Å². The highest BCUT2D eigenvalue weighted by molar-refractivity contribution is 14.1. The third-order valence-electron chi connectivity index (χ3n) is 4.35. The lowest BCUT2D eigenvalue weighted by atomic mass is 10.2. The maximum absolute atomic E-state index is 12.3. The van der Waals surface area contributed by atoms with E-state index < -0.39 is 0 Å². The van der Waals surface area contributed by atoms with Crippen LogP contribution >= 0.6 is 34.2 Å². The van der Waals surface area contributed by atoms with E-state index in [1.54, 1.807) is 25.5 Å². The van der Waals surface area contributed by atoms with Gasteiger partial charge in [-0.15, -0.1) is 0 Å². The van der Waals surface area contributed by atoms with Crippen LogP contribution in [0.4, 0.5) is 0 Å². The van der Waals surface area contributed by atoms with Gasteiger partial charge in [-0.2, -0.15) is 5.10 Å². The van der Waals surface area contributed by atoms with Gasteiger partial charge in [-0.05, 0) is 72.8 Å². The number of carbonyl (C=O) groups is 1. The van der Waals surface area contributed by atoms with Crippen LogP contribution in [0.5, 0.6) is 5.75 Å². The quantitative estimate of drug-likeness (QED) is 0.296. The summed E-state index contributed by atoms with van der Waals surface area (Å²) in [5.74, 6) is 0.353. The van der Waals surface area contributed by atoms with Crippen LogP contribution in [0.3, 0.4) is 0 Å². The number of nitrogens with zero attached hydrogens (tertiary/aromatic N) is 2. The molecule has 1 amide bonds. The third-order valence-corrected chi connectivity index (χ3v) is 5.56. The fraction of sp³-hybridized carbons (Fsp3) is 0.143. The summed E-state index contributed by atoms with van der Waals surface area (Å²) < 4.78 is 8.26. The molecule has 1 N–H and O–H groups in total. The first-order valence-electron chi connectivity index (χ1n) is 8.53. The molecule has 1 aromatic heterocycles. The summed E-state index contributed by atoms with van der Waals surface area (Å²) in [5.41, 5.74) is 6.87. The average Bonchev–Trinajstić information content (AvgIpc) is 2.96. The topological polar surface area (TPSA) is 55.6 Å². The van der Waals surface area contributed by atoms with Crippen molar-refractivity contribution >= 4 is 46.3 Å². The van der Waals surface area contributed by atoms with Crippen LogP contribution in [0, 0.1) is 17.4 Å². The van der Waals surface area contributed by atoms with Gasteiger partial charge in [0.05, 0.1) is 27.6 Å². The second-order valence-corrected chi connectivity index (χ2v) is 7.73. The number of methoxy groups -OCH3 is 1. The van der Waals surface area contributed by atoms with Gasteiger partial charge in [0.1, 0.15) is 5.75 Å². The summed E-state index contributed by atoms with van der Waals surface area (Å²) in [7, 11) is 1.58. The minimum absolute atomic E-state index is 0.300. The van der Waals surface area contributed by atoms with E-state index in [-0.39, 0.29) is 5.91 Å². The number of hydrogen-bond donors (Lipinski definition) is 1. The molecule has 1 heterocycles. The number of aromatic nitrogens is 1. The third kappa shape index (κ3) is 4.23. The number of ether oxygens (including phenoxy) is 1. The van der Waals surface area contributed by atoms with Crippen LogP contribution in [0.2, 0.25) is 5.02 Å². The largest absolute Gasteiger partial charge is 0.496 e. The van der Waals surface area contributed by atoms with Crippen molar-refractivity contribution in [3.8, 4) is 11.4 Å². The summed E-state index contributed by atoms with van der Waals surface area (Å²) >= 11 is 8.49. The molecule has 0 bridgehead atoms. The Bertz CT molecular complexity index is 1060. The zero-order chi connectivity index (χ0) is 20.3. The number of aryl methyl sites for hydroxylation is 1. The Hall–Kier alpha value is -2.32. The minimum atomic E-state index is -0.300. The van der Waals surface area contributed by atoms with Crippen LogP contribution < -0.4 is 10.2 Å². The van der Waals surface area contributed by atoms with Gasteiger partial charge in [-0.25, -0.2) is 5.43 Å². The first-order valence-corrected chi connectivity index (χ1v) is 9.99. The standard InChI is InChI=1S/C21H19ClIN3O2/c1-13-10-16(14(2)26(13)19-7-5-4-6-17(19)22)12-24-25-21(27)15-8-9-18(23)20(11-15)28-3/h4-12H,1-3H3,(H,25,27)/b24-12-. The molecule has 144 valence electrons. The number of benzene rings is 2. The Kier molecular flexibility index (Phi) is 6.41. The van der Waals surface area contributed by atoms with Crippen molar-refractivity contribution in [2.24, 2.45) is 5.10 Å². The van der Waals surface area contributed by atoms with E-state index in [1.165, 1.54) is 0 Å².